The molecule has 1 saturated carbocycles. The molecule has 1 fully saturated rings. The predicted octanol–water partition coefficient (Wildman–Crippen LogP) is 2.17. The average molecular weight is 412 g/mol. The molecule has 0 aromatic heterocycles. The van der Waals surface area contributed by atoms with Crippen LogP contribution >= 0.6 is 15.9 Å². The van der Waals surface area contributed by atoms with Gasteiger partial charge in [0.25, 0.3) is 5.91 Å². The number of ether oxygens (including phenoxy) is 2. The summed E-state index contributed by atoms with van der Waals surface area (Å²) >= 11 is 3.43. The standard InChI is InChI=1S/C17H22BrN3O4/c1-4-24-14-8-11(9-19-20-17(23)12-5-6-12)7-13(18)16(14)25-10-15(22)21(2)3/h7-9,12H,4-6,10H2,1-3H3,(H,20,23)/b19-9-. The van der Waals surface area contributed by atoms with Crippen LogP contribution in [0.4, 0.5) is 0 Å². The molecule has 0 unspecified atom stereocenters. The highest BCUT2D eigenvalue weighted by atomic mass is 79.9. The number of carbonyl (C=O) groups is 2. The molecule has 2 amide bonds. The summed E-state index contributed by atoms with van der Waals surface area (Å²) in [5.74, 6) is 0.854. The smallest absolute Gasteiger partial charge is 0.259 e. The third-order valence-electron chi connectivity index (χ3n) is 3.51. The van der Waals surface area contributed by atoms with Gasteiger partial charge in [0.05, 0.1) is 17.3 Å². The molecule has 2 rings (SSSR count). The Morgan fingerprint density at radius 2 is 2.08 bits per heavy atom. The van der Waals surface area contributed by atoms with Crippen molar-refractivity contribution in [2.45, 2.75) is 19.8 Å². The number of halogens is 1. The highest BCUT2D eigenvalue weighted by Crippen LogP contribution is 2.36. The number of amides is 2. The highest BCUT2D eigenvalue weighted by molar-refractivity contribution is 9.10. The minimum absolute atomic E-state index is 0.0532. The summed E-state index contributed by atoms with van der Waals surface area (Å²) in [6, 6.07) is 3.53. The minimum atomic E-state index is -0.150. The van der Waals surface area contributed by atoms with Crippen LogP contribution in [0.1, 0.15) is 25.3 Å². The van der Waals surface area contributed by atoms with Gasteiger partial charge in [-0.1, -0.05) is 0 Å². The van der Waals surface area contributed by atoms with Gasteiger partial charge in [0, 0.05) is 20.0 Å². The highest BCUT2D eigenvalue weighted by Gasteiger charge is 2.29. The van der Waals surface area contributed by atoms with Gasteiger partial charge in [0.1, 0.15) is 0 Å². The lowest BCUT2D eigenvalue weighted by Gasteiger charge is -2.16. The Morgan fingerprint density at radius 1 is 1.36 bits per heavy atom. The third kappa shape index (κ3) is 5.74. The molecule has 0 heterocycles. The lowest BCUT2D eigenvalue weighted by Crippen LogP contribution is -2.27. The molecule has 0 atom stereocenters. The minimum Gasteiger partial charge on any atom is -0.490 e. The number of hydrogen-bond acceptors (Lipinski definition) is 5. The lowest BCUT2D eigenvalue weighted by atomic mass is 10.2. The van der Waals surface area contributed by atoms with Gasteiger partial charge >= 0.3 is 0 Å². The first kappa shape index (κ1) is 19.2. The van der Waals surface area contributed by atoms with E-state index in [1.807, 2.05) is 6.92 Å². The largest absolute Gasteiger partial charge is 0.490 e. The van der Waals surface area contributed by atoms with E-state index >= 15 is 0 Å². The van der Waals surface area contributed by atoms with E-state index in [1.165, 1.54) is 4.90 Å². The second-order valence-corrected chi connectivity index (χ2v) is 6.70. The number of nitrogens with zero attached hydrogens (tertiary/aromatic N) is 2. The molecule has 0 aliphatic heterocycles. The predicted molar refractivity (Wildman–Crippen MR) is 98.0 cm³/mol. The fourth-order valence-corrected chi connectivity index (χ4v) is 2.51. The van der Waals surface area contributed by atoms with Crippen molar-refractivity contribution < 1.29 is 19.1 Å². The molecule has 0 bridgehead atoms. The maximum Gasteiger partial charge on any atom is 0.259 e. The van der Waals surface area contributed by atoms with E-state index < -0.39 is 0 Å². The fraction of sp³-hybridized carbons (Fsp3) is 0.471. The Bertz CT molecular complexity index is 672. The van der Waals surface area contributed by atoms with Gasteiger partial charge in [0.2, 0.25) is 5.91 Å². The molecule has 1 aromatic rings. The first-order chi connectivity index (χ1) is 11.9. The molecule has 1 aromatic carbocycles. The van der Waals surface area contributed by atoms with Gasteiger partial charge in [0.15, 0.2) is 18.1 Å². The van der Waals surface area contributed by atoms with E-state index in [9.17, 15) is 9.59 Å². The maximum absolute atomic E-state index is 11.7. The second kappa shape index (κ2) is 8.84. The van der Waals surface area contributed by atoms with Crippen molar-refractivity contribution in [3.63, 3.8) is 0 Å². The number of carbonyl (C=O) groups excluding carboxylic acids is 2. The first-order valence-corrected chi connectivity index (χ1v) is 8.83. The van der Waals surface area contributed by atoms with Crippen LogP contribution in [0, 0.1) is 5.92 Å². The van der Waals surface area contributed by atoms with Crippen molar-refractivity contribution in [2.24, 2.45) is 11.0 Å². The Hall–Kier alpha value is -2.09. The van der Waals surface area contributed by atoms with Crippen molar-refractivity contribution in [2.75, 3.05) is 27.3 Å². The van der Waals surface area contributed by atoms with Crippen molar-refractivity contribution >= 4 is 34.0 Å². The third-order valence-corrected chi connectivity index (χ3v) is 4.10. The summed E-state index contributed by atoms with van der Waals surface area (Å²) < 4.78 is 11.8. The number of hydrazone groups is 1. The van der Waals surface area contributed by atoms with Crippen LogP contribution in [0.3, 0.4) is 0 Å². The average Bonchev–Trinajstić information content (AvgIpc) is 3.38. The monoisotopic (exact) mass is 411 g/mol. The number of likely N-dealkylation sites (N-methyl/N-ethyl adjacent to an activating group) is 1. The Morgan fingerprint density at radius 3 is 2.68 bits per heavy atom. The van der Waals surface area contributed by atoms with Crippen LogP contribution in [0.25, 0.3) is 0 Å². The first-order valence-electron chi connectivity index (χ1n) is 8.04. The van der Waals surface area contributed by atoms with Gasteiger partial charge < -0.3 is 14.4 Å². The molecule has 0 spiro atoms. The molecule has 0 radical (unpaired) electrons. The summed E-state index contributed by atoms with van der Waals surface area (Å²) in [6.07, 6.45) is 3.40. The molecule has 1 aliphatic carbocycles. The Balaban J connectivity index is 2.10. The number of hydrogen-bond donors (Lipinski definition) is 1. The summed E-state index contributed by atoms with van der Waals surface area (Å²) in [5, 5.41) is 3.97. The van der Waals surface area contributed by atoms with E-state index in [0.717, 1.165) is 18.4 Å². The van der Waals surface area contributed by atoms with Crippen LogP contribution in [0.15, 0.2) is 21.7 Å². The fourth-order valence-electron chi connectivity index (χ4n) is 1.94. The topological polar surface area (TPSA) is 80.2 Å². The van der Waals surface area contributed by atoms with Gasteiger partial charge in [-0.15, -0.1) is 0 Å². The van der Waals surface area contributed by atoms with Crippen molar-refractivity contribution in [3.8, 4) is 11.5 Å². The van der Waals surface area contributed by atoms with Gasteiger partial charge in [-0.25, -0.2) is 5.43 Å². The van der Waals surface area contributed by atoms with E-state index in [2.05, 4.69) is 26.5 Å². The van der Waals surface area contributed by atoms with Crippen LogP contribution in [-0.4, -0.2) is 50.2 Å². The van der Waals surface area contributed by atoms with E-state index in [4.69, 9.17) is 9.47 Å². The van der Waals surface area contributed by atoms with Gasteiger partial charge in [-0.2, -0.15) is 5.10 Å². The van der Waals surface area contributed by atoms with E-state index in [-0.39, 0.29) is 24.3 Å². The summed E-state index contributed by atoms with van der Waals surface area (Å²) in [6.45, 7) is 2.22. The normalized spacial score (nSPS) is 13.6. The zero-order valence-electron chi connectivity index (χ0n) is 14.5. The molecule has 7 nitrogen and oxygen atoms in total. The van der Waals surface area contributed by atoms with Crippen LogP contribution in [-0.2, 0) is 9.59 Å². The van der Waals surface area contributed by atoms with Crippen molar-refractivity contribution in [1.82, 2.24) is 10.3 Å². The Kier molecular flexibility index (Phi) is 6.81. The quantitative estimate of drug-likeness (QED) is 0.524. The molecule has 0 saturated heterocycles. The number of benzene rings is 1. The van der Waals surface area contributed by atoms with Crippen molar-refractivity contribution in [1.29, 1.82) is 0 Å². The van der Waals surface area contributed by atoms with Crippen LogP contribution < -0.4 is 14.9 Å². The van der Waals surface area contributed by atoms with E-state index in [0.29, 0.717) is 22.6 Å². The molecule has 136 valence electrons. The summed E-state index contributed by atoms with van der Waals surface area (Å²) in [7, 11) is 3.33. The zero-order valence-corrected chi connectivity index (χ0v) is 16.1. The lowest BCUT2D eigenvalue weighted by molar-refractivity contribution is -0.130. The second-order valence-electron chi connectivity index (χ2n) is 5.85. The Labute approximate surface area is 155 Å². The molecule has 1 N–H and O–H groups in total. The molecule has 25 heavy (non-hydrogen) atoms. The van der Waals surface area contributed by atoms with Gasteiger partial charge in [-0.05, 0) is 53.4 Å². The van der Waals surface area contributed by atoms with Gasteiger partial charge in [-0.3, -0.25) is 9.59 Å². The van der Waals surface area contributed by atoms with Crippen molar-refractivity contribution in [3.05, 3.63) is 22.2 Å². The zero-order chi connectivity index (χ0) is 18.4. The molecule has 1 aliphatic rings. The SMILES string of the molecule is CCOc1cc(/C=N\NC(=O)C2CC2)cc(Br)c1OCC(=O)N(C)C. The number of rotatable bonds is 8. The number of nitrogens with one attached hydrogen (secondary N) is 1. The maximum atomic E-state index is 11.7. The van der Waals surface area contributed by atoms with Crippen LogP contribution in [0.5, 0.6) is 11.5 Å². The molecule has 8 heteroatoms. The van der Waals surface area contributed by atoms with Crippen LogP contribution in [0.2, 0.25) is 0 Å². The van der Waals surface area contributed by atoms with E-state index in [1.54, 1.807) is 32.4 Å². The molecular weight excluding hydrogens is 390 g/mol. The summed E-state index contributed by atoms with van der Waals surface area (Å²) in [4.78, 5) is 24.7. The summed E-state index contributed by atoms with van der Waals surface area (Å²) in [5.41, 5.74) is 3.26. The molecular formula is C17H22BrN3O4.